The molecule has 53 heavy (non-hydrogen) atoms. The fourth-order valence-corrected chi connectivity index (χ4v) is 11.7. The highest BCUT2D eigenvalue weighted by molar-refractivity contribution is 7.05. The number of fused-ring (bicyclic) bond motifs is 6. The number of hydrogen-bond donors (Lipinski definition) is 0. The molecule has 0 radical (unpaired) electrons. The van der Waals surface area contributed by atoms with E-state index in [0.717, 1.165) is 27.8 Å². The predicted octanol–water partition coefficient (Wildman–Crippen LogP) is 11.3. The highest BCUT2D eigenvalue weighted by Gasteiger charge is 2.40. The summed E-state index contributed by atoms with van der Waals surface area (Å²) in [5, 5.41) is 8.03. The van der Waals surface area contributed by atoms with Crippen molar-refractivity contribution in [2.24, 2.45) is 0 Å². The molecular weight excluding hydrogens is 659 g/mol. The maximum absolute atomic E-state index is 5.26. The van der Waals surface area contributed by atoms with Crippen molar-refractivity contribution in [1.82, 2.24) is 15.0 Å². The summed E-state index contributed by atoms with van der Waals surface area (Å²) in [7, 11) is -2.03. The van der Waals surface area contributed by atoms with Gasteiger partial charge in [0.25, 0.3) is 0 Å². The normalized spacial score (nSPS) is 12.9. The van der Waals surface area contributed by atoms with Crippen LogP contribution in [0.3, 0.4) is 0 Å². The maximum atomic E-state index is 5.26. The molecule has 0 atom stereocenters. The molecule has 0 amide bonds. The number of nitrogens with zero attached hydrogens (tertiary/aromatic N) is 3. The highest BCUT2D eigenvalue weighted by atomic mass is 28.3. The molecule has 0 bridgehead atoms. The van der Waals surface area contributed by atoms with Gasteiger partial charge in [0.15, 0.2) is 17.5 Å². The summed E-state index contributed by atoms with van der Waals surface area (Å²) in [6.45, 7) is 4.95. The Morgan fingerprint density at radius 3 is 1.60 bits per heavy atom. The Hall–Kier alpha value is -6.49. The summed E-state index contributed by atoms with van der Waals surface area (Å²) in [5.41, 5.74) is 10.2. The van der Waals surface area contributed by atoms with Crippen LogP contribution in [0.2, 0.25) is 13.1 Å². The standard InChI is InChI=1S/C49H35N3Si/c1-53(2)44-18-10-17-43(45(44)42-30-29-36-14-8-9-16-41(36)46(42)53)49-51-47(37-24-19-34(20-25-37)32-11-4-3-5-12-32)50-48(52-49)38-26-21-35(22-27-38)40-28-23-33-13-6-7-15-39(33)31-40/h3-31H,1-2H3. The first kappa shape index (κ1) is 31.3. The lowest BCUT2D eigenvalue weighted by atomic mass is 9.96. The average Bonchev–Trinajstić information content (AvgIpc) is 3.47. The summed E-state index contributed by atoms with van der Waals surface area (Å²) in [6, 6.07) is 62.9. The van der Waals surface area contributed by atoms with Gasteiger partial charge < -0.3 is 0 Å². The van der Waals surface area contributed by atoms with E-state index in [9.17, 15) is 0 Å². The third kappa shape index (κ3) is 5.30. The molecule has 1 aliphatic heterocycles. The molecule has 2 heterocycles. The fourth-order valence-electron chi connectivity index (χ4n) is 8.22. The third-order valence-electron chi connectivity index (χ3n) is 10.9. The summed E-state index contributed by atoms with van der Waals surface area (Å²) >= 11 is 0. The van der Waals surface area contributed by atoms with Gasteiger partial charge in [0.1, 0.15) is 8.07 Å². The van der Waals surface area contributed by atoms with Crippen molar-refractivity contribution in [3.05, 3.63) is 176 Å². The van der Waals surface area contributed by atoms with Gasteiger partial charge >= 0.3 is 0 Å². The quantitative estimate of drug-likeness (QED) is 0.168. The summed E-state index contributed by atoms with van der Waals surface area (Å²) in [5.74, 6) is 2.01. The zero-order valence-electron chi connectivity index (χ0n) is 29.6. The van der Waals surface area contributed by atoms with Crippen molar-refractivity contribution in [2.75, 3.05) is 0 Å². The van der Waals surface area contributed by atoms with E-state index < -0.39 is 8.07 Å². The van der Waals surface area contributed by atoms with E-state index in [1.807, 2.05) is 6.07 Å². The van der Waals surface area contributed by atoms with Gasteiger partial charge in [0, 0.05) is 16.7 Å². The monoisotopic (exact) mass is 693 g/mol. The minimum atomic E-state index is -2.03. The number of aromatic nitrogens is 3. The lowest BCUT2D eigenvalue weighted by Gasteiger charge is -2.20. The Morgan fingerprint density at radius 1 is 0.358 bits per heavy atom. The topological polar surface area (TPSA) is 38.7 Å². The molecule has 0 saturated heterocycles. The minimum Gasteiger partial charge on any atom is -0.208 e. The maximum Gasteiger partial charge on any atom is 0.164 e. The van der Waals surface area contributed by atoms with Gasteiger partial charge in [-0.2, -0.15) is 0 Å². The van der Waals surface area contributed by atoms with Crippen molar-refractivity contribution >= 4 is 40.0 Å². The van der Waals surface area contributed by atoms with Gasteiger partial charge in [0.2, 0.25) is 0 Å². The Morgan fingerprint density at radius 2 is 0.887 bits per heavy atom. The lowest BCUT2D eigenvalue weighted by molar-refractivity contribution is 1.07. The number of rotatable bonds is 5. The molecule has 0 unspecified atom stereocenters. The molecule has 9 aromatic rings. The smallest absolute Gasteiger partial charge is 0.164 e. The van der Waals surface area contributed by atoms with Crippen LogP contribution in [0.4, 0.5) is 0 Å². The minimum absolute atomic E-state index is 0.660. The van der Waals surface area contributed by atoms with Gasteiger partial charge in [-0.05, 0) is 71.4 Å². The van der Waals surface area contributed by atoms with Crippen LogP contribution in [-0.2, 0) is 0 Å². The molecule has 1 aliphatic rings. The second-order valence-electron chi connectivity index (χ2n) is 14.5. The second-order valence-corrected chi connectivity index (χ2v) is 18.7. The van der Waals surface area contributed by atoms with E-state index in [-0.39, 0.29) is 0 Å². The van der Waals surface area contributed by atoms with Gasteiger partial charge in [-0.3, -0.25) is 0 Å². The highest BCUT2D eigenvalue weighted by Crippen LogP contribution is 2.39. The van der Waals surface area contributed by atoms with Gasteiger partial charge in [-0.1, -0.05) is 183 Å². The largest absolute Gasteiger partial charge is 0.208 e. The Labute approximate surface area is 310 Å². The van der Waals surface area contributed by atoms with E-state index >= 15 is 0 Å². The van der Waals surface area contributed by atoms with Gasteiger partial charge in [-0.15, -0.1) is 0 Å². The van der Waals surface area contributed by atoms with Crippen LogP contribution in [0.5, 0.6) is 0 Å². The summed E-state index contributed by atoms with van der Waals surface area (Å²) in [4.78, 5) is 15.7. The van der Waals surface area contributed by atoms with E-state index in [4.69, 9.17) is 15.0 Å². The zero-order valence-corrected chi connectivity index (χ0v) is 30.6. The SMILES string of the molecule is C[Si]1(C)c2cccc(-c3nc(-c4ccc(-c5ccccc5)cc4)nc(-c4ccc(-c5ccc6ccccc6c5)cc4)n3)c2-c2ccc3ccccc3c21. The van der Waals surface area contributed by atoms with Crippen molar-refractivity contribution in [1.29, 1.82) is 0 Å². The predicted molar refractivity (Wildman–Crippen MR) is 224 cm³/mol. The number of hydrogen-bond acceptors (Lipinski definition) is 3. The molecule has 0 spiro atoms. The molecule has 1 aromatic heterocycles. The Bertz CT molecular complexity index is 2840. The van der Waals surface area contributed by atoms with Crippen LogP contribution in [0.1, 0.15) is 0 Å². The Balaban J connectivity index is 1.13. The van der Waals surface area contributed by atoms with Crippen LogP contribution in [0.25, 0.3) is 89.1 Å². The molecule has 0 aliphatic carbocycles. The summed E-state index contributed by atoms with van der Waals surface area (Å²) in [6.07, 6.45) is 0. The zero-order chi connectivity index (χ0) is 35.5. The van der Waals surface area contributed by atoms with Crippen molar-refractivity contribution in [3.63, 3.8) is 0 Å². The van der Waals surface area contributed by atoms with Crippen LogP contribution in [0, 0.1) is 0 Å². The van der Waals surface area contributed by atoms with Crippen LogP contribution in [0.15, 0.2) is 176 Å². The molecule has 0 saturated carbocycles. The van der Waals surface area contributed by atoms with Gasteiger partial charge in [0.05, 0.1) is 0 Å². The van der Waals surface area contributed by atoms with Crippen molar-refractivity contribution in [3.8, 4) is 67.5 Å². The summed E-state index contributed by atoms with van der Waals surface area (Å²) < 4.78 is 0. The van der Waals surface area contributed by atoms with Crippen molar-refractivity contribution < 1.29 is 0 Å². The van der Waals surface area contributed by atoms with E-state index in [1.54, 1.807) is 0 Å². The molecule has 10 rings (SSSR count). The molecule has 250 valence electrons. The number of benzene rings is 8. The first-order chi connectivity index (χ1) is 26.0. The fraction of sp³-hybridized carbons (Fsp3) is 0.0408. The second kappa shape index (κ2) is 12.3. The van der Waals surface area contributed by atoms with E-state index in [2.05, 4.69) is 183 Å². The Kier molecular flexibility index (Phi) is 7.27. The molecule has 0 fully saturated rings. The third-order valence-corrected chi connectivity index (χ3v) is 14.5. The first-order valence-electron chi connectivity index (χ1n) is 18.2. The van der Waals surface area contributed by atoms with Crippen LogP contribution < -0.4 is 10.4 Å². The van der Waals surface area contributed by atoms with Crippen molar-refractivity contribution in [2.45, 2.75) is 13.1 Å². The molecule has 3 nitrogen and oxygen atoms in total. The molecule has 8 aromatic carbocycles. The average molecular weight is 694 g/mol. The first-order valence-corrected chi connectivity index (χ1v) is 21.2. The van der Waals surface area contributed by atoms with Crippen LogP contribution >= 0.6 is 0 Å². The van der Waals surface area contributed by atoms with E-state index in [0.29, 0.717) is 17.5 Å². The molecule has 0 N–H and O–H groups in total. The van der Waals surface area contributed by atoms with Gasteiger partial charge in [-0.25, -0.2) is 15.0 Å². The lowest BCUT2D eigenvalue weighted by Crippen LogP contribution is -2.49. The molecular formula is C49H35N3Si. The van der Waals surface area contributed by atoms with Crippen LogP contribution in [-0.4, -0.2) is 23.0 Å². The van der Waals surface area contributed by atoms with E-state index in [1.165, 1.54) is 54.2 Å². The molecule has 4 heteroatoms.